The van der Waals surface area contributed by atoms with E-state index in [-0.39, 0.29) is 19.1 Å². The maximum absolute atomic E-state index is 12.6. The number of carbonyl (C=O) groups excluding carboxylic acids is 1. The van der Waals surface area contributed by atoms with Gasteiger partial charge >= 0.3 is 0 Å². The Balaban J connectivity index is 1.42. The molecule has 2 aromatic heterocycles. The lowest BCUT2D eigenvalue weighted by atomic mass is 10.1. The Labute approximate surface area is 167 Å². The van der Waals surface area contributed by atoms with E-state index in [2.05, 4.69) is 15.4 Å². The summed E-state index contributed by atoms with van der Waals surface area (Å²) in [5, 5.41) is 17.1. The van der Waals surface area contributed by atoms with Crippen LogP contribution in [0.4, 0.5) is 0 Å². The van der Waals surface area contributed by atoms with Crippen LogP contribution < -0.4 is 10.1 Å². The van der Waals surface area contributed by atoms with E-state index in [1.165, 1.54) is 6.20 Å². The first kappa shape index (κ1) is 18.6. The van der Waals surface area contributed by atoms with Crippen molar-refractivity contribution in [1.82, 2.24) is 19.9 Å². The Kier molecular flexibility index (Phi) is 5.49. The Hall–Kier alpha value is -3.71. The molecule has 4 aromatic rings. The third-order valence-electron chi connectivity index (χ3n) is 4.40. The Morgan fingerprint density at radius 2 is 1.79 bits per heavy atom. The van der Waals surface area contributed by atoms with Crippen molar-refractivity contribution in [3.63, 3.8) is 0 Å². The van der Waals surface area contributed by atoms with Crippen molar-refractivity contribution in [1.29, 1.82) is 0 Å². The van der Waals surface area contributed by atoms with Crippen molar-refractivity contribution < 1.29 is 14.6 Å². The Morgan fingerprint density at radius 3 is 2.55 bits per heavy atom. The topological polar surface area (TPSA) is 88.8 Å². The van der Waals surface area contributed by atoms with Gasteiger partial charge in [0.15, 0.2) is 5.65 Å². The van der Waals surface area contributed by atoms with Gasteiger partial charge in [-0.3, -0.25) is 4.79 Å². The highest BCUT2D eigenvalue weighted by molar-refractivity contribution is 5.99. The van der Waals surface area contributed by atoms with Gasteiger partial charge in [0.25, 0.3) is 5.91 Å². The van der Waals surface area contributed by atoms with Crippen LogP contribution in [0.3, 0.4) is 0 Å². The fourth-order valence-electron chi connectivity index (χ4n) is 2.95. The number of rotatable bonds is 7. The van der Waals surface area contributed by atoms with Gasteiger partial charge in [0.1, 0.15) is 24.0 Å². The third kappa shape index (κ3) is 4.25. The maximum Gasteiger partial charge on any atom is 0.256 e. The van der Waals surface area contributed by atoms with Crippen LogP contribution in [0.25, 0.3) is 16.9 Å². The first-order valence-corrected chi connectivity index (χ1v) is 9.24. The van der Waals surface area contributed by atoms with Crippen LogP contribution in [-0.2, 0) is 0 Å². The second kappa shape index (κ2) is 8.53. The van der Waals surface area contributed by atoms with Crippen molar-refractivity contribution in [3.05, 3.63) is 84.7 Å². The van der Waals surface area contributed by atoms with Crippen molar-refractivity contribution in [2.45, 2.75) is 6.10 Å². The van der Waals surface area contributed by atoms with Crippen LogP contribution in [0.15, 0.2) is 79.1 Å². The van der Waals surface area contributed by atoms with Gasteiger partial charge in [-0.15, -0.1) is 0 Å². The van der Waals surface area contributed by atoms with Gasteiger partial charge in [0.05, 0.1) is 11.9 Å². The molecule has 1 unspecified atom stereocenters. The normalized spacial score (nSPS) is 11.9. The van der Waals surface area contributed by atoms with Gasteiger partial charge in [0, 0.05) is 18.3 Å². The molecule has 2 N–H and O–H groups in total. The minimum absolute atomic E-state index is 0.0569. The second-order valence-electron chi connectivity index (χ2n) is 6.48. The Bertz CT molecular complexity index is 1100. The molecule has 4 rings (SSSR count). The number of hydrogen-bond acceptors (Lipinski definition) is 5. The molecule has 0 bridgehead atoms. The average Bonchev–Trinajstić information content (AvgIpc) is 3.22. The van der Waals surface area contributed by atoms with Gasteiger partial charge in [-0.2, -0.15) is 5.10 Å². The van der Waals surface area contributed by atoms with Gasteiger partial charge in [-0.05, 0) is 18.2 Å². The monoisotopic (exact) mass is 388 g/mol. The van der Waals surface area contributed by atoms with Crippen LogP contribution in [0.5, 0.6) is 5.75 Å². The molecule has 0 saturated heterocycles. The summed E-state index contributed by atoms with van der Waals surface area (Å²) in [5.41, 5.74) is 2.62. The van der Waals surface area contributed by atoms with Crippen LogP contribution in [0.2, 0.25) is 0 Å². The molecule has 2 heterocycles. The van der Waals surface area contributed by atoms with Gasteiger partial charge in [0.2, 0.25) is 0 Å². The number of aliphatic hydroxyl groups excluding tert-OH is 1. The van der Waals surface area contributed by atoms with Gasteiger partial charge < -0.3 is 15.2 Å². The minimum atomic E-state index is -0.839. The van der Waals surface area contributed by atoms with Crippen molar-refractivity contribution >= 4 is 11.6 Å². The van der Waals surface area contributed by atoms with E-state index in [1.807, 2.05) is 54.6 Å². The SMILES string of the molecule is O=C(NCC(O)COc1ccccc1)c1cnn2c(-c3ccccc3)ccnc12. The molecule has 7 heteroatoms. The molecular weight excluding hydrogens is 368 g/mol. The lowest BCUT2D eigenvalue weighted by molar-refractivity contribution is 0.0845. The number of ether oxygens (including phenoxy) is 1. The van der Waals surface area contributed by atoms with E-state index in [1.54, 1.807) is 22.8 Å². The van der Waals surface area contributed by atoms with Crippen LogP contribution in [-0.4, -0.2) is 44.9 Å². The predicted octanol–water partition coefficient (Wildman–Crippen LogP) is 2.57. The van der Waals surface area contributed by atoms with Crippen molar-refractivity contribution in [3.8, 4) is 17.0 Å². The van der Waals surface area contributed by atoms with Crippen LogP contribution in [0.1, 0.15) is 10.4 Å². The van der Waals surface area contributed by atoms with Crippen molar-refractivity contribution in [2.24, 2.45) is 0 Å². The highest BCUT2D eigenvalue weighted by atomic mass is 16.5. The molecule has 2 aromatic carbocycles. The molecule has 0 aliphatic rings. The highest BCUT2D eigenvalue weighted by Gasteiger charge is 2.17. The third-order valence-corrected chi connectivity index (χ3v) is 4.40. The molecule has 146 valence electrons. The van der Waals surface area contributed by atoms with E-state index < -0.39 is 6.10 Å². The standard InChI is InChI=1S/C22H20N4O3/c27-17(15-29-18-9-5-2-6-10-18)13-24-22(28)19-14-25-26-20(11-12-23-21(19)26)16-7-3-1-4-8-16/h1-12,14,17,27H,13,15H2,(H,24,28). The molecule has 0 radical (unpaired) electrons. The highest BCUT2D eigenvalue weighted by Crippen LogP contribution is 2.20. The van der Waals surface area contributed by atoms with Crippen LogP contribution in [0, 0.1) is 0 Å². The van der Waals surface area contributed by atoms with E-state index in [9.17, 15) is 9.90 Å². The number of amides is 1. The zero-order valence-electron chi connectivity index (χ0n) is 15.6. The van der Waals surface area contributed by atoms with Crippen molar-refractivity contribution in [2.75, 3.05) is 13.2 Å². The smallest absolute Gasteiger partial charge is 0.256 e. The number of carbonyl (C=O) groups is 1. The number of para-hydroxylation sites is 1. The molecular formula is C22H20N4O3. The Morgan fingerprint density at radius 1 is 1.07 bits per heavy atom. The van der Waals surface area contributed by atoms with Gasteiger partial charge in [-0.1, -0.05) is 48.5 Å². The van der Waals surface area contributed by atoms with Gasteiger partial charge in [-0.25, -0.2) is 9.50 Å². The first-order valence-electron chi connectivity index (χ1n) is 9.24. The molecule has 0 saturated carbocycles. The quantitative estimate of drug-likeness (QED) is 0.508. The minimum Gasteiger partial charge on any atom is -0.491 e. The summed E-state index contributed by atoms with van der Waals surface area (Å²) in [4.78, 5) is 16.9. The van der Waals surface area contributed by atoms with E-state index in [0.29, 0.717) is 17.0 Å². The molecule has 1 amide bonds. The number of fused-ring (bicyclic) bond motifs is 1. The number of hydrogen-bond donors (Lipinski definition) is 2. The molecule has 0 spiro atoms. The number of nitrogens with one attached hydrogen (secondary N) is 1. The number of nitrogens with zero attached hydrogens (tertiary/aromatic N) is 3. The fourth-order valence-corrected chi connectivity index (χ4v) is 2.95. The summed E-state index contributed by atoms with van der Waals surface area (Å²) >= 11 is 0. The number of aromatic nitrogens is 3. The fraction of sp³-hybridized carbons (Fsp3) is 0.136. The summed E-state index contributed by atoms with van der Waals surface area (Å²) in [7, 11) is 0. The maximum atomic E-state index is 12.6. The van der Waals surface area contributed by atoms with Crippen LogP contribution >= 0.6 is 0 Å². The first-order chi connectivity index (χ1) is 14.2. The van der Waals surface area contributed by atoms with E-state index >= 15 is 0 Å². The molecule has 29 heavy (non-hydrogen) atoms. The zero-order chi connectivity index (χ0) is 20.1. The predicted molar refractivity (Wildman–Crippen MR) is 109 cm³/mol. The zero-order valence-corrected chi connectivity index (χ0v) is 15.6. The summed E-state index contributed by atoms with van der Waals surface area (Å²) in [6.07, 6.45) is 2.30. The largest absolute Gasteiger partial charge is 0.491 e. The molecule has 0 fully saturated rings. The lowest BCUT2D eigenvalue weighted by Gasteiger charge is -2.13. The lowest BCUT2D eigenvalue weighted by Crippen LogP contribution is -2.35. The summed E-state index contributed by atoms with van der Waals surface area (Å²) in [5.74, 6) is 0.314. The molecule has 0 aliphatic heterocycles. The molecule has 7 nitrogen and oxygen atoms in total. The number of benzene rings is 2. The second-order valence-corrected chi connectivity index (χ2v) is 6.48. The van der Waals surface area contributed by atoms with E-state index in [4.69, 9.17) is 4.74 Å². The summed E-state index contributed by atoms with van der Waals surface area (Å²) < 4.78 is 7.13. The molecule has 0 aliphatic carbocycles. The summed E-state index contributed by atoms with van der Waals surface area (Å²) in [6, 6.07) is 20.8. The molecule has 1 atom stereocenters. The average molecular weight is 388 g/mol. The summed E-state index contributed by atoms with van der Waals surface area (Å²) in [6.45, 7) is 0.136. The van der Waals surface area contributed by atoms with E-state index in [0.717, 1.165) is 11.3 Å². The number of aliphatic hydroxyl groups is 1.